The van der Waals surface area contributed by atoms with Crippen molar-refractivity contribution in [3.63, 3.8) is 0 Å². The van der Waals surface area contributed by atoms with Gasteiger partial charge in [0.2, 0.25) is 0 Å². The molecule has 4 aliphatic carbocycles. The second-order valence-electron chi connectivity index (χ2n) is 11.4. The molecule has 0 radical (unpaired) electrons. The van der Waals surface area contributed by atoms with Gasteiger partial charge in [-0.2, -0.15) is 0 Å². The first-order chi connectivity index (χ1) is 14.1. The molecule has 1 N–H and O–H groups in total. The molecule has 4 nitrogen and oxygen atoms in total. The smallest absolute Gasteiger partial charge is 0.305 e. The van der Waals surface area contributed by atoms with E-state index in [0.29, 0.717) is 42.9 Å². The third-order valence-electron chi connectivity index (χ3n) is 10.3. The monoisotopic (exact) mass is 422 g/mol. The van der Waals surface area contributed by atoms with E-state index in [1.54, 1.807) is 0 Å². The number of alkyl halides is 1. The summed E-state index contributed by atoms with van der Waals surface area (Å²) >= 11 is 0. The zero-order chi connectivity index (χ0) is 21.8. The SMILES string of the molecule is COC(=O)CC[C@@H](C)[C@H]1CC[C@H]2[C@@H]3[C@H](O)C(=O)[C@H]4C[C@@H](F)CC[C@]4(C)[C@H]3CC[C@]12C. The fourth-order valence-corrected chi connectivity index (χ4v) is 8.59. The number of aliphatic hydroxyl groups is 1. The lowest BCUT2D eigenvalue weighted by molar-refractivity contribution is -0.182. The number of methoxy groups -OCH3 is 1. The van der Waals surface area contributed by atoms with E-state index in [1.165, 1.54) is 7.11 Å². The van der Waals surface area contributed by atoms with Crippen LogP contribution in [0.2, 0.25) is 0 Å². The van der Waals surface area contributed by atoms with Crippen molar-refractivity contribution in [1.29, 1.82) is 0 Å². The van der Waals surface area contributed by atoms with Crippen LogP contribution in [-0.2, 0) is 14.3 Å². The standard InChI is InChI=1S/C25H39FO4/c1-14(5-8-20(27)30-4)16-6-7-17-21-18(10-12-24(16,17)2)25(3)11-9-15(26)13-19(25)22(28)23(21)29/h14-19,21,23,29H,5-13H2,1-4H3/t14-,15+,16-,17+,18+,19-,21+,23+,24-,25-/m1/s1. The van der Waals surface area contributed by atoms with Crippen LogP contribution in [-0.4, -0.2) is 36.2 Å². The zero-order valence-electron chi connectivity index (χ0n) is 19.0. The van der Waals surface area contributed by atoms with Gasteiger partial charge in [-0.15, -0.1) is 0 Å². The first-order valence-electron chi connectivity index (χ1n) is 12.1. The van der Waals surface area contributed by atoms with Crippen LogP contribution in [0.4, 0.5) is 4.39 Å². The number of rotatable bonds is 4. The Morgan fingerprint density at radius 3 is 2.53 bits per heavy atom. The number of carbonyl (C=O) groups is 2. The van der Waals surface area contributed by atoms with Crippen molar-refractivity contribution in [3.8, 4) is 0 Å². The number of fused-ring (bicyclic) bond motifs is 5. The molecule has 0 aromatic rings. The molecule has 0 spiro atoms. The Balaban J connectivity index is 1.57. The fourth-order valence-electron chi connectivity index (χ4n) is 8.59. The van der Waals surface area contributed by atoms with Gasteiger partial charge in [0.1, 0.15) is 12.3 Å². The maximum atomic E-state index is 14.2. The molecule has 0 amide bonds. The van der Waals surface area contributed by atoms with Gasteiger partial charge in [0.15, 0.2) is 5.78 Å². The van der Waals surface area contributed by atoms with Gasteiger partial charge in [0, 0.05) is 12.3 Å². The lowest BCUT2D eigenvalue weighted by atomic mass is 9.43. The number of hydrogen-bond acceptors (Lipinski definition) is 4. The van der Waals surface area contributed by atoms with Gasteiger partial charge in [-0.05, 0) is 91.8 Å². The van der Waals surface area contributed by atoms with Gasteiger partial charge in [0.05, 0.1) is 7.11 Å². The number of Topliss-reactive ketones (excluding diaryl/α,β-unsaturated/α-hetero) is 1. The molecule has 0 aliphatic heterocycles. The summed E-state index contributed by atoms with van der Waals surface area (Å²) in [6.07, 6.45) is 5.31. The Bertz CT molecular complexity index is 695. The lowest BCUT2D eigenvalue weighted by Crippen LogP contribution is -2.62. The summed E-state index contributed by atoms with van der Waals surface area (Å²) in [4.78, 5) is 24.8. The highest BCUT2D eigenvalue weighted by Crippen LogP contribution is 2.67. The summed E-state index contributed by atoms with van der Waals surface area (Å²) in [5, 5.41) is 11.2. The average Bonchev–Trinajstić information content (AvgIpc) is 3.08. The van der Waals surface area contributed by atoms with Crippen molar-refractivity contribution in [2.24, 2.45) is 46.3 Å². The number of esters is 1. The largest absolute Gasteiger partial charge is 0.469 e. The Morgan fingerprint density at radius 2 is 1.83 bits per heavy atom. The third kappa shape index (κ3) is 3.25. The van der Waals surface area contributed by atoms with Crippen LogP contribution in [0, 0.1) is 46.3 Å². The van der Waals surface area contributed by atoms with Crippen LogP contribution >= 0.6 is 0 Å². The van der Waals surface area contributed by atoms with Gasteiger partial charge in [-0.25, -0.2) is 4.39 Å². The van der Waals surface area contributed by atoms with Crippen LogP contribution < -0.4 is 0 Å². The lowest BCUT2D eigenvalue weighted by Gasteiger charge is -2.61. The molecular weight excluding hydrogens is 383 g/mol. The normalized spacial score (nSPS) is 49.0. The van der Waals surface area contributed by atoms with Crippen molar-refractivity contribution in [1.82, 2.24) is 0 Å². The minimum atomic E-state index is -0.938. The molecule has 4 fully saturated rings. The third-order valence-corrected chi connectivity index (χ3v) is 10.3. The van der Waals surface area contributed by atoms with Crippen LogP contribution in [0.25, 0.3) is 0 Å². The minimum absolute atomic E-state index is 0.00599. The van der Waals surface area contributed by atoms with Crippen LogP contribution in [0.15, 0.2) is 0 Å². The van der Waals surface area contributed by atoms with Gasteiger partial charge < -0.3 is 9.84 Å². The quantitative estimate of drug-likeness (QED) is 0.666. The summed E-state index contributed by atoms with van der Waals surface area (Å²) in [5.74, 6) is 1.00. The zero-order valence-corrected chi connectivity index (χ0v) is 19.0. The molecule has 4 saturated carbocycles. The first-order valence-corrected chi connectivity index (χ1v) is 12.1. The summed E-state index contributed by atoms with van der Waals surface area (Å²) in [6.45, 7) is 6.82. The molecule has 0 heterocycles. The van der Waals surface area contributed by atoms with E-state index in [1.807, 2.05) is 0 Å². The Labute approximate surface area is 180 Å². The maximum absolute atomic E-state index is 14.2. The fraction of sp³-hybridized carbons (Fsp3) is 0.920. The predicted octanol–water partition coefficient (Wildman–Crippen LogP) is 4.72. The second-order valence-corrected chi connectivity index (χ2v) is 11.4. The number of ether oxygens (including phenoxy) is 1. The molecule has 5 heteroatoms. The number of hydrogen-bond donors (Lipinski definition) is 1. The predicted molar refractivity (Wildman–Crippen MR) is 112 cm³/mol. The van der Waals surface area contributed by atoms with Crippen molar-refractivity contribution >= 4 is 11.8 Å². The maximum Gasteiger partial charge on any atom is 0.305 e. The number of ketones is 1. The molecule has 30 heavy (non-hydrogen) atoms. The highest BCUT2D eigenvalue weighted by molar-refractivity contribution is 5.87. The highest BCUT2D eigenvalue weighted by Gasteiger charge is 2.65. The summed E-state index contributed by atoms with van der Waals surface area (Å²) < 4.78 is 19.0. The number of halogens is 1. The molecule has 0 bridgehead atoms. The van der Waals surface area contributed by atoms with Crippen LogP contribution in [0.3, 0.4) is 0 Å². The van der Waals surface area contributed by atoms with Crippen LogP contribution in [0.5, 0.6) is 0 Å². The van der Waals surface area contributed by atoms with Crippen molar-refractivity contribution in [2.45, 2.75) is 90.8 Å². The summed E-state index contributed by atoms with van der Waals surface area (Å²) in [6, 6.07) is 0. The molecule has 4 aliphatic rings. The van der Waals surface area contributed by atoms with E-state index in [-0.39, 0.29) is 34.4 Å². The molecule has 10 atom stereocenters. The van der Waals surface area contributed by atoms with Gasteiger partial charge in [-0.3, -0.25) is 9.59 Å². The Morgan fingerprint density at radius 1 is 1.17 bits per heavy atom. The van der Waals surface area contributed by atoms with Crippen molar-refractivity contribution in [2.75, 3.05) is 7.11 Å². The van der Waals surface area contributed by atoms with Gasteiger partial charge in [-0.1, -0.05) is 20.8 Å². The topological polar surface area (TPSA) is 63.6 Å². The molecule has 0 saturated heterocycles. The molecule has 170 valence electrons. The molecule has 0 aromatic carbocycles. The van der Waals surface area contributed by atoms with E-state index in [9.17, 15) is 19.1 Å². The highest BCUT2D eigenvalue weighted by atomic mass is 19.1. The summed E-state index contributed by atoms with van der Waals surface area (Å²) in [5.41, 5.74) is -0.0715. The van der Waals surface area contributed by atoms with E-state index in [2.05, 4.69) is 20.8 Å². The molecule has 0 unspecified atom stereocenters. The number of carbonyl (C=O) groups excluding carboxylic acids is 2. The first kappa shape index (κ1) is 22.2. The molecular formula is C25H39FO4. The van der Waals surface area contributed by atoms with Gasteiger partial charge in [0.25, 0.3) is 0 Å². The number of aliphatic hydroxyl groups excluding tert-OH is 1. The molecule has 0 aromatic heterocycles. The average molecular weight is 423 g/mol. The van der Waals surface area contributed by atoms with E-state index in [0.717, 1.165) is 38.5 Å². The van der Waals surface area contributed by atoms with Crippen molar-refractivity contribution < 1.29 is 23.8 Å². The van der Waals surface area contributed by atoms with Crippen LogP contribution in [0.1, 0.15) is 78.6 Å². The summed E-state index contributed by atoms with van der Waals surface area (Å²) in [7, 11) is 1.44. The minimum Gasteiger partial charge on any atom is -0.469 e. The van der Waals surface area contributed by atoms with E-state index in [4.69, 9.17) is 4.74 Å². The Kier molecular flexibility index (Phi) is 5.83. The van der Waals surface area contributed by atoms with Crippen molar-refractivity contribution in [3.05, 3.63) is 0 Å². The van der Waals surface area contributed by atoms with E-state index >= 15 is 0 Å². The second kappa shape index (κ2) is 7.86. The van der Waals surface area contributed by atoms with Gasteiger partial charge >= 0.3 is 5.97 Å². The Hall–Kier alpha value is -0.970. The van der Waals surface area contributed by atoms with E-state index < -0.39 is 12.3 Å². The molecule has 4 rings (SSSR count).